The minimum absolute atomic E-state index is 0.0717. The lowest BCUT2D eigenvalue weighted by molar-refractivity contribution is 0.0992. The highest BCUT2D eigenvalue weighted by Gasteiger charge is 2.28. The molecule has 11 aromatic carbocycles. The van der Waals surface area contributed by atoms with Crippen molar-refractivity contribution in [2.75, 3.05) is 74.6 Å². The van der Waals surface area contributed by atoms with Gasteiger partial charge in [0.15, 0.2) is 5.76 Å². The lowest BCUT2D eigenvalue weighted by atomic mass is 10.0. The minimum atomic E-state index is -0.575. The number of methoxy groups -OCH3 is 6. The van der Waals surface area contributed by atoms with Crippen molar-refractivity contribution in [2.45, 2.75) is 246 Å². The normalized spacial score (nSPS) is 14.3. The first-order chi connectivity index (χ1) is 70.4. The molecule has 0 bridgehead atoms. The standard InChI is InChI=1S/C22H23NO3.C22H25NO2.C20H22INO2.2C20H23NO2.C19H21FN2O2/c1-14-17-10-6-7-11-19(17)26-21(14)22(24)23-18-12-15-8-4-3-5-9-16(15)13-20(18)25-2;1-25-21-14-19-6-4-2-3-5-18(19)13-20(21)23-22(24)17-11-9-16(10-12-17)15-7-8-15;1-13-8-16(10-17(21)9-13)20(23)22-18-11-14-6-4-3-5-7-15(14)12-19(18)24-2;2*1-14-8-10-15(11-9-14)20(22)21-18-12-16-6-4-3-5-7-17(16)13-19(18)23-2;1-12-8-16(20)15(11-21-12)19(23)22-17-9-13-6-4-3-5-7-14(13)10-18(17)24-2/h6-7,10-13H,3-5,8-9H2,1-2H3,(H,23,24);9-15H,2-8H2,1H3,(H,23,24);8-12H,3-7H2,1-2H3,(H,22,23);2*8-13H,3-7H2,1-2H3,(H,21,22);8-11H,3-7H2,1-2H3,(H,22,23). The zero-order valence-corrected chi connectivity index (χ0v) is 87.9. The lowest BCUT2D eigenvalue weighted by Gasteiger charge is -2.15. The number of anilines is 6. The summed E-state index contributed by atoms with van der Waals surface area (Å²) < 4.78 is 53.8. The second kappa shape index (κ2) is 51.2. The largest absolute Gasteiger partial charge is 0.495 e. The number of halogens is 2. The number of aryl methyl sites for hydroxylation is 17. The molecule has 13 aromatic rings. The highest BCUT2D eigenvalue weighted by Crippen LogP contribution is 2.43. The minimum Gasteiger partial charge on any atom is -0.495 e. The van der Waals surface area contributed by atoms with Crippen molar-refractivity contribution in [1.29, 1.82) is 0 Å². The van der Waals surface area contributed by atoms with Gasteiger partial charge in [0.25, 0.3) is 35.4 Å². The third-order valence-corrected chi connectivity index (χ3v) is 29.0. The number of para-hydroxylation sites is 1. The van der Waals surface area contributed by atoms with Crippen LogP contribution in [0.5, 0.6) is 34.5 Å². The molecular formula is C123H137FIN7O13. The number of rotatable bonds is 19. The third kappa shape index (κ3) is 28.3. The van der Waals surface area contributed by atoms with Crippen LogP contribution in [-0.2, 0) is 77.0 Å². The van der Waals surface area contributed by atoms with E-state index in [2.05, 4.69) is 138 Å². The molecule has 7 aliphatic rings. The Labute approximate surface area is 866 Å². The summed E-state index contributed by atoms with van der Waals surface area (Å²) in [4.78, 5) is 79.5. The third-order valence-electron chi connectivity index (χ3n) is 28.4. The molecular weight excluding hydrogens is 1930 g/mol. The maximum absolute atomic E-state index is 14.0. The van der Waals surface area contributed by atoms with E-state index < -0.39 is 11.7 Å². The molecule has 1 saturated carbocycles. The van der Waals surface area contributed by atoms with Crippen LogP contribution >= 0.6 is 22.6 Å². The predicted octanol–water partition coefficient (Wildman–Crippen LogP) is 28.6. The van der Waals surface area contributed by atoms with Crippen molar-refractivity contribution >= 4 is 103 Å². The van der Waals surface area contributed by atoms with Crippen molar-refractivity contribution in [3.63, 3.8) is 0 Å². The number of nitrogens with zero attached hydrogens (tertiary/aromatic N) is 1. The zero-order valence-electron chi connectivity index (χ0n) is 85.8. The molecule has 0 aliphatic heterocycles. The van der Waals surface area contributed by atoms with E-state index >= 15 is 0 Å². The molecule has 7 aliphatic carbocycles. The molecule has 0 unspecified atom stereocenters. The summed E-state index contributed by atoms with van der Waals surface area (Å²) in [5, 5.41) is 18.8. The van der Waals surface area contributed by atoms with E-state index in [1.54, 1.807) is 49.6 Å². The van der Waals surface area contributed by atoms with Crippen LogP contribution < -0.4 is 60.3 Å². The molecule has 0 atom stereocenters. The molecule has 20 nitrogen and oxygen atoms in total. The van der Waals surface area contributed by atoms with E-state index in [9.17, 15) is 33.2 Å². The van der Waals surface area contributed by atoms with Crippen LogP contribution in [0.15, 0.2) is 205 Å². The number of hydrogen-bond acceptors (Lipinski definition) is 14. The lowest BCUT2D eigenvalue weighted by Crippen LogP contribution is -2.15. The molecule has 145 heavy (non-hydrogen) atoms. The van der Waals surface area contributed by atoms with Gasteiger partial charge in [-0.15, -0.1) is 0 Å². The summed E-state index contributed by atoms with van der Waals surface area (Å²) in [6.07, 6.45) is 38.6. The van der Waals surface area contributed by atoms with Gasteiger partial charge in [-0.3, -0.25) is 33.8 Å². The zero-order chi connectivity index (χ0) is 102. The van der Waals surface area contributed by atoms with Crippen LogP contribution in [0.1, 0.15) is 297 Å². The highest BCUT2D eigenvalue weighted by molar-refractivity contribution is 14.1. The number of fused-ring (bicyclic) bond motifs is 7. The predicted molar refractivity (Wildman–Crippen MR) is 588 cm³/mol. The van der Waals surface area contributed by atoms with Gasteiger partial charge in [0.1, 0.15) is 45.9 Å². The first-order valence-electron chi connectivity index (χ1n) is 51.6. The number of benzene rings is 11. The van der Waals surface area contributed by atoms with Gasteiger partial charge < -0.3 is 64.7 Å². The fraction of sp³-hybridized carbons (Fsp3) is 0.358. The molecule has 22 heteroatoms. The molecule has 1 fully saturated rings. The van der Waals surface area contributed by atoms with Crippen molar-refractivity contribution in [2.24, 2.45) is 0 Å². The number of amides is 6. The van der Waals surface area contributed by atoms with Crippen molar-refractivity contribution in [3.05, 3.63) is 344 Å². The number of carbonyl (C=O) groups excluding carboxylic acids is 6. The summed E-state index contributed by atoms with van der Waals surface area (Å²) in [7, 11) is 9.84. The number of furan rings is 1. The van der Waals surface area contributed by atoms with E-state index in [-0.39, 0.29) is 35.1 Å². The van der Waals surface area contributed by atoms with Gasteiger partial charge >= 0.3 is 0 Å². The van der Waals surface area contributed by atoms with Crippen LogP contribution in [-0.4, -0.2) is 83.1 Å². The summed E-state index contributed by atoms with van der Waals surface area (Å²) in [6.45, 7) is 9.62. The molecule has 0 radical (unpaired) electrons. The maximum atomic E-state index is 14.0. The highest BCUT2D eigenvalue weighted by atomic mass is 127. The first kappa shape index (κ1) is 106. The molecule has 0 saturated heterocycles. The second-order valence-corrected chi connectivity index (χ2v) is 40.3. The average Bonchev–Trinajstić information content (AvgIpc) is 1.64. The maximum Gasteiger partial charge on any atom is 0.291 e. The van der Waals surface area contributed by atoms with Crippen LogP contribution in [0.25, 0.3) is 11.0 Å². The molecule has 2 aromatic heterocycles. The van der Waals surface area contributed by atoms with Crippen LogP contribution in [0.4, 0.5) is 38.5 Å². The summed E-state index contributed by atoms with van der Waals surface area (Å²) >= 11 is 2.24. The van der Waals surface area contributed by atoms with Gasteiger partial charge in [-0.2, -0.15) is 0 Å². The molecule has 6 N–H and O–H groups in total. The summed E-state index contributed by atoms with van der Waals surface area (Å²) in [5.74, 6) is 3.63. The number of nitrogens with one attached hydrogen (secondary N) is 6. The monoisotopic (exact) mass is 2070 g/mol. The SMILES string of the molecule is COc1cc2c(cc1NC(=O)c1cc(C)cc(I)c1)CCCCC2.COc1cc2c(cc1NC(=O)c1ccc(C)cc1)CCCCC2.COc1cc2c(cc1NC(=O)c1ccc(C)cc1)CCCCC2.COc1cc2c(cc1NC(=O)c1ccc(C3CC3)cc1)CCCCC2.COc1cc2c(cc1NC(=O)c1cnc(C)cc1F)CCCCC2.COc1cc2c(cc1NC(=O)c1oc3ccccc3c1C)CCCCC2. The Hall–Kier alpha value is -13.6. The summed E-state index contributed by atoms with van der Waals surface area (Å²) in [6, 6.07) is 62.9. The second-order valence-electron chi connectivity index (χ2n) is 39.0. The van der Waals surface area contributed by atoms with Gasteiger partial charge in [0, 0.05) is 48.7 Å². The van der Waals surface area contributed by atoms with Crippen LogP contribution in [0.2, 0.25) is 0 Å². The Morgan fingerprint density at radius 2 is 0.593 bits per heavy atom. The van der Waals surface area contributed by atoms with Crippen LogP contribution in [0, 0.1) is 44.0 Å². The molecule has 0 spiro atoms. The fourth-order valence-corrected chi connectivity index (χ4v) is 20.9. The molecule has 6 amide bonds. The van der Waals surface area contributed by atoms with E-state index in [1.165, 1.54) is 207 Å². The van der Waals surface area contributed by atoms with E-state index in [4.69, 9.17) is 32.8 Å². The summed E-state index contributed by atoms with van der Waals surface area (Å²) in [5.41, 5.74) is 29.7. The van der Waals surface area contributed by atoms with E-state index in [0.29, 0.717) is 62.5 Å². The Morgan fingerprint density at radius 3 is 0.883 bits per heavy atom. The van der Waals surface area contributed by atoms with E-state index in [0.717, 1.165) is 166 Å². The number of aromatic nitrogens is 1. The Kier molecular flexibility index (Phi) is 37.3. The Morgan fingerprint density at radius 1 is 0.310 bits per heavy atom. The van der Waals surface area contributed by atoms with Crippen molar-refractivity contribution in [3.8, 4) is 34.5 Å². The van der Waals surface area contributed by atoms with Gasteiger partial charge in [-0.05, 0) is 447 Å². The number of pyridine rings is 1. The quantitative estimate of drug-likeness (QED) is 0.0325. The fourth-order valence-electron chi connectivity index (χ4n) is 20.1. The average molecular weight is 2070 g/mol. The molecule has 2 heterocycles. The van der Waals surface area contributed by atoms with E-state index in [1.807, 2.05) is 137 Å². The molecule has 20 rings (SSSR count). The van der Waals surface area contributed by atoms with Gasteiger partial charge in [0.05, 0.1) is 82.3 Å². The topological polar surface area (TPSA) is 256 Å². The Balaban J connectivity index is 0.000000131. The van der Waals surface area contributed by atoms with Crippen molar-refractivity contribution < 1.29 is 66.0 Å². The van der Waals surface area contributed by atoms with Gasteiger partial charge in [-0.1, -0.05) is 104 Å². The van der Waals surface area contributed by atoms with Gasteiger partial charge in [0.2, 0.25) is 0 Å². The Bertz CT molecular complexity index is 6640. The van der Waals surface area contributed by atoms with Gasteiger partial charge in [-0.25, -0.2) is 4.39 Å². The first-order valence-corrected chi connectivity index (χ1v) is 52.7. The molecule has 756 valence electrons. The number of ether oxygens (including phenoxy) is 6. The van der Waals surface area contributed by atoms with Crippen molar-refractivity contribution in [1.82, 2.24) is 4.98 Å². The van der Waals surface area contributed by atoms with Crippen LogP contribution in [0.3, 0.4) is 0 Å². The smallest absolute Gasteiger partial charge is 0.291 e. The number of hydrogen-bond donors (Lipinski definition) is 6. The number of carbonyl (C=O) groups is 6.